The highest BCUT2D eigenvalue weighted by molar-refractivity contribution is 5.53. The molecular formula is C16H19N3O. The van der Waals surface area contributed by atoms with E-state index in [0.29, 0.717) is 0 Å². The van der Waals surface area contributed by atoms with Gasteiger partial charge >= 0.3 is 0 Å². The van der Waals surface area contributed by atoms with Gasteiger partial charge in [-0.3, -0.25) is 4.90 Å². The van der Waals surface area contributed by atoms with Gasteiger partial charge in [-0.25, -0.2) is 4.68 Å². The number of carbonyl (C=O) groups excluding carboxylic acids is 1. The number of rotatable bonds is 4. The molecule has 20 heavy (non-hydrogen) atoms. The van der Waals surface area contributed by atoms with Gasteiger partial charge in [0.15, 0.2) is 0 Å². The van der Waals surface area contributed by atoms with Crippen molar-refractivity contribution >= 4 is 6.29 Å². The Labute approximate surface area is 119 Å². The summed E-state index contributed by atoms with van der Waals surface area (Å²) in [6.07, 6.45) is 5.05. The molecule has 1 aromatic heterocycles. The number of piperidine rings is 1. The first-order chi connectivity index (χ1) is 9.85. The van der Waals surface area contributed by atoms with Crippen molar-refractivity contribution in [3.05, 3.63) is 48.3 Å². The number of nitrogens with zero attached hydrogens (tertiary/aromatic N) is 3. The fraction of sp³-hybridized carbons (Fsp3) is 0.375. The number of para-hydroxylation sites is 1. The zero-order valence-electron chi connectivity index (χ0n) is 11.5. The summed E-state index contributed by atoms with van der Waals surface area (Å²) in [5.74, 6) is 0.258. The van der Waals surface area contributed by atoms with E-state index in [9.17, 15) is 4.79 Å². The highest BCUT2D eigenvalue weighted by Crippen LogP contribution is 2.17. The van der Waals surface area contributed by atoms with E-state index in [-0.39, 0.29) is 5.92 Å². The molecule has 0 bridgehead atoms. The van der Waals surface area contributed by atoms with Crippen LogP contribution in [0.2, 0.25) is 0 Å². The predicted molar refractivity (Wildman–Crippen MR) is 77.6 cm³/mol. The Morgan fingerprint density at radius 2 is 1.90 bits per heavy atom. The molecular weight excluding hydrogens is 250 g/mol. The van der Waals surface area contributed by atoms with E-state index in [1.54, 1.807) is 0 Å². The van der Waals surface area contributed by atoms with Crippen molar-refractivity contribution in [2.24, 2.45) is 5.92 Å². The fourth-order valence-corrected chi connectivity index (χ4v) is 2.65. The van der Waals surface area contributed by atoms with Crippen LogP contribution in [0.3, 0.4) is 0 Å². The van der Waals surface area contributed by atoms with Gasteiger partial charge in [-0.1, -0.05) is 18.2 Å². The molecule has 1 aliphatic heterocycles. The lowest BCUT2D eigenvalue weighted by atomic mass is 9.98. The van der Waals surface area contributed by atoms with Crippen molar-refractivity contribution in [3.8, 4) is 5.69 Å². The number of aromatic nitrogens is 2. The second-order valence-corrected chi connectivity index (χ2v) is 5.34. The fourth-order valence-electron chi connectivity index (χ4n) is 2.65. The molecule has 0 N–H and O–H groups in total. The van der Waals surface area contributed by atoms with Crippen molar-refractivity contribution in [2.75, 3.05) is 13.1 Å². The van der Waals surface area contributed by atoms with Gasteiger partial charge in [0.2, 0.25) is 0 Å². The number of hydrogen-bond donors (Lipinski definition) is 0. The third kappa shape index (κ3) is 2.96. The van der Waals surface area contributed by atoms with Crippen molar-refractivity contribution in [2.45, 2.75) is 19.4 Å². The van der Waals surface area contributed by atoms with Gasteiger partial charge in [0.1, 0.15) is 6.29 Å². The maximum atomic E-state index is 10.8. The Balaban J connectivity index is 1.62. The van der Waals surface area contributed by atoms with Crippen LogP contribution in [-0.2, 0) is 11.3 Å². The molecule has 2 aromatic rings. The smallest absolute Gasteiger partial charge is 0.123 e. The van der Waals surface area contributed by atoms with Gasteiger partial charge in [-0.2, -0.15) is 5.10 Å². The molecule has 0 radical (unpaired) electrons. The topological polar surface area (TPSA) is 38.1 Å². The molecule has 0 amide bonds. The first-order valence-electron chi connectivity index (χ1n) is 7.13. The molecule has 0 spiro atoms. The van der Waals surface area contributed by atoms with Gasteiger partial charge < -0.3 is 4.79 Å². The Bertz CT molecular complexity index is 556. The summed E-state index contributed by atoms with van der Waals surface area (Å²) >= 11 is 0. The quantitative estimate of drug-likeness (QED) is 0.799. The second kappa shape index (κ2) is 6.01. The SMILES string of the molecule is O=CC1CCN(Cc2ccn(-c3ccccc3)n2)CC1. The summed E-state index contributed by atoms with van der Waals surface area (Å²) in [5, 5.41) is 4.62. The Hall–Kier alpha value is -1.94. The van der Waals surface area contributed by atoms with E-state index in [0.717, 1.165) is 50.1 Å². The Kier molecular flexibility index (Phi) is 3.92. The van der Waals surface area contributed by atoms with Crippen molar-refractivity contribution in [3.63, 3.8) is 0 Å². The van der Waals surface area contributed by atoms with Gasteiger partial charge in [0, 0.05) is 18.7 Å². The average molecular weight is 269 g/mol. The van der Waals surface area contributed by atoms with Crippen LogP contribution in [0.25, 0.3) is 5.69 Å². The van der Waals surface area contributed by atoms with Gasteiger partial charge in [0.25, 0.3) is 0 Å². The Morgan fingerprint density at radius 3 is 2.60 bits per heavy atom. The van der Waals surface area contributed by atoms with Gasteiger partial charge in [0.05, 0.1) is 11.4 Å². The van der Waals surface area contributed by atoms with Crippen LogP contribution in [-0.4, -0.2) is 34.1 Å². The molecule has 4 nitrogen and oxygen atoms in total. The van der Waals surface area contributed by atoms with E-state index in [2.05, 4.69) is 16.1 Å². The highest BCUT2D eigenvalue weighted by atomic mass is 16.1. The molecule has 2 heterocycles. The normalized spacial score (nSPS) is 17.2. The summed E-state index contributed by atoms with van der Waals surface area (Å²) in [5.41, 5.74) is 2.16. The Morgan fingerprint density at radius 1 is 1.15 bits per heavy atom. The summed E-state index contributed by atoms with van der Waals surface area (Å²) in [6.45, 7) is 2.84. The van der Waals surface area contributed by atoms with Crippen LogP contribution in [0, 0.1) is 5.92 Å². The van der Waals surface area contributed by atoms with Crippen LogP contribution < -0.4 is 0 Å². The zero-order valence-corrected chi connectivity index (χ0v) is 11.5. The number of hydrogen-bond acceptors (Lipinski definition) is 3. The lowest BCUT2D eigenvalue weighted by molar-refractivity contribution is -0.112. The maximum absolute atomic E-state index is 10.8. The molecule has 1 aliphatic rings. The minimum atomic E-state index is 0.258. The van der Waals surface area contributed by atoms with Crippen molar-refractivity contribution < 1.29 is 4.79 Å². The summed E-state index contributed by atoms with van der Waals surface area (Å²) in [7, 11) is 0. The lowest BCUT2D eigenvalue weighted by Crippen LogP contribution is -2.33. The lowest BCUT2D eigenvalue weighted by Gasteiger charge is -2.28. The number of likely N-dealkylation sites (tertiary alicyclic amines) is 1. The monoisotopic (exact) mass is 269 g/mol. The summed E-state index contributed by atoms with van der Waals surface area (Å²) < 4.78 is 1.91. The largest absolute Gasteiger partial charge is 0.303 e. The van der Waals surface area contributed by atoms with E-state index in [1.807, 2.05) is 41.2 Å². The minimum Gasteiger partial charge on any atom is -0.303 e. The predicted octanol–water partition coefficient (Wildman–Crippen LogP) is 2.28. The van der Waals surface area contributed by atoms with Crippen LogP contribution in [0.1, 0.15) is 18.5 Å². The van der Waals surface area contributed by atoms with Crippen LogP contribution >= 0.6 is 0 Å². The number of benzene rings is 1. The van der Waals surface area contributed by atoms with Crippen LogP contribution in [0.4, 0.5) is 0 Å². The van der Waals surface area contributed by atoms with Crippen LogP contribution in [0.5, 0.6) is 0 Å². The van der Waals surface area contributed by atoms with E-state index in [4.69, 9.17) is 0 Å². The molecule has 104 valence electrons. The van der Waals surface area contributed by atoms with Crippen molar-refractivity contribution in [1.82, 2.24) is 14.7 Å². The van der Waals surface area contributed by atoms with E-state index in [1.165, 1.54) is 0 Å². The molecule has 0 aliphatic carbocycles. The minimum absolute atomic E-state index is 0.258. The van der Waals surface area contributed by atoms with Crippen LogP contribution in [0.15, 0.2) is 42.6 Å². The third-order valence-electron chi connectivity index (χ3n) is 3.88. The molecule has 0 unspecified atom stereocenters. The average Bonchev–Trinajstić information content (AvgIpc) is 2.97. The summed E-state index contributed by atoms with van der Waals surface area (Å²) in [4.78, 5) is 13.1. The zero-order chi connectivity index (χ0) is 13.8. The summed E-state index contributed by atoms with van der Waals surface area (Å²) in [6, 6.07) is 12.2. The molecule has 1 fully saturated rings. The standard InChI is InChI=1S/C16H19N3O/c20-13-14-6-9-18(10-7-14)12-15-8-11-19(17-15)16-4-2-1-3-5-16/h1-5,8,11,13-14H,6-7,9-10,12H2. The number of aldehydes is 1. The van der Waals surface area contributed by atoms with E-state index >= 15 is 0 Å². The van der Waals surface area contributed by atoms with Crippen molar-refractivity contribution in [1.29, 1.82) is 0 Å². The number of carbonyl (C=O) groups is 1. The first-order valence-corrected chi connectivity index (χ1v) is 7.13. The highest BCUT2D eigenvalue weighted by Gasteiger charge is 2.19. The molecule has 3 rings (SSSR count). The third-order valence-corrected chi connectivity index (χ3v) is 3.88. The maximum Gasteiger partial charge on any atom is 0.123 e. The van der Waals surface area contributed by atoms with Gasteiger partial charge in [-0.05, 0) is 44.1 Å². The van der Waals surface area contributed by atoms with Gasteiger partial charge in [-0.15, -0.1) is 0 Å². The molecule has 1 aromatic carbocycles. The molecule has 1 saturated heterocycles. The van der Waals surface area contributed by atoms with E-state index < -0.39 is 0 Å². The molecule has 0 saturated carbocycles. The second-order valence-electron chi connectivity index (χ2n) is 5.34. The first kappa shape index (κ1) is 13.1. The molecule has 4 heteroatoms. The molecule has 0 atom stereocenters.